The van der Waals surface area contributed by atoms with Crippen LogP contribution in [0.3, 0.4) is 0 Å². The Morgan fingerprint density at radius 1 is 1.28 bits per heavy atom. The van der Waals surface area contributed by atoms with Gasteiger partial charge in [0.1, 0.15) is 0 Å². The molecule has 0 radical (unpaired) electrons. The third-order valence-electron chi connectivity index (χ3n) is 2.65. The van der Waals surface area contributed by atoms with Crippen LogP contribution in [0.2, 0.25) is 0 Å². The summed E-state index contributed by atoms with van der Waals surface area (Å²) in [6, 6.07) is 9.80. The molecule has 4 nitrogen and oxygen atoms in total. The SMILES string of the molecule is COC(=O)c1occc1CNc1ccc(C)cc1. The van der Waals surface area contributed by atoms with Crippen molar-refractivity contribution in [3.05, 3.63) is 53.5 Å². The minimum atomic E-state index is -0.458. The van der Waals surface area contributed by atoms with Gasteiger partial charge in [0, 0.05) is 17.8 Å². The fourth-order valence-corrected chi connectivity index (χ4v) is 1.62. The van der Waals surface area contributed by atoms with Gasteiger partial charge in [-0.1, -0.05) is 17.7 Å². The Labute approximate surface area is 106 Å². The number of nitrogens with one attached hydrogen (secondary N) is 1. The lowest BCUT2D eigenvalue weighted by Crippen LogP contribution is -2.06. The first kappa shape index (κ1) is 12.2. The Morgan fingerprint density at radius 3 is 2.67 bits per heavy atom. The normalized spacial score (nSPS) is 10.1. The van der Waals surface area contributed by atoms with E-state index in [4.69, 9.17) is 4.42 Å². The summed E-state index contributed by atoms with van der Waals surface area (Å²) in [4.78, 5) is 11.4. The van der Waals surface area contributed by atoms with E-state index in [9.17, 15) is 4.79 Å². The fraction of sp³-hybridized carbons (Fsp3) is 0.214. The van der Waals surface area contributed by atoms with Gasteiger partial charge in [0.15, 0.2) is 0 Å². The molecule has 0 saturated carbocycles. The number of methoxy groups -OCH3 is 1. The number of anilines is 1. The average molecular weight is 245 g/mol. The summed E-state index contributed by atoms with van der Waals surface area (Å²) in [7, 11) is 1.34. The monoisotopic (exact) mass is 245 g/mol. The third kappa shape index (κ3) is 2.71. The zero-order chi connectivity index (χ0) is 13.0. The van der Waals surface area contributed by atoms with Crippen LogP contribution in [0.1, 0.15) is 21.7 Å². The minimum absolute atomic E-state index is 0.247. The van der Waals surface area contributed by atoms with E-state index in [0.29, 0.717) is 6.54 Å². The molecule has 0 fully saturated rings. The molecule has 1 heterocycles. The van der Waals surface area contributed by atoms with Crippen molar-refractivity contribution in [3.8, 4) is 0 Å². The van der Waals surface area contributed by atoms with Gasteiger partial charge in [-0.05, 0) is 25.1 Å². The van der Waals surface area contributed by atoms with Crippen LogP contribution in [-0.2, 0) is 11.3 Å². The van der Waals surface area contributed by atoms with E-state index < -0.39 is 5.97 Å². The topological polar surface area (TPSA) is 51.5 Å². The van der Waals surface area contributed by atoms with Gasteiger partial charge in [0.2, 0.25) is 5.76 Å². The molecule has 94 valence electrons. The fourth-order valence-electron chi connectivity index (χ4n) is 1.62. The molecule has 0 aliphatic heterocycles. The number of carbonyl (C=O) groups is 1. The Balaban J connectivity index is 2.04. The van der Waals surface area contributed by atoms with Crippen molar-refractivity contribution < 1.29 is 13.9 Å². The number of hydrogen-bond donors (Lipinski definition) is 1. The van der Waals surface area contributed by atoms with E-state index in [0.717, 1.165) is 11.3 Å². The minimum Gasteiger partial charge on any atom is -0.463 e. The van der Waals surface area contributed by atoms with Gasteiger partial charge in [-0.15, -0.1) is 0 Å². The van der Waals surface area contributed by atoms with Crippen molar-refractivity contribution in [1.29, 1.82) is 0 Å². The zero-order valence-corrected chi connectivity index (χ0v) is 10.4. The summed E-state index contributed by atoms with van der Waals surface area (Å²) in [5.41, 5.74) is 2.99. The highest BCUT2D eigenvalue weighted by Gasteiger charge is 2.15. The second-order valence-corrected chi connectivity index (χ2v) is 3.99. The molecule has 0 aliphatic carbocycles. The molecule has 0 atom stereocenters. The Morgan fingerprint density at radius 2 is 2.00 bits per heavy atom. The van der Waals surface area contributed by atoms with E-state index in [1.807, 2.05) is 31.2 Å². The Kier molecular flexibility index (Phi) is 3.67. The zero-order valence-electron chi connectivity index (χ0n) is 10.4. The number of ether oxygens (including phenoxy) is 1. The van der Waals surface area contributed by atoms with Crippen LogP contribution in [0.25, 0.3) is 0 Å². The largest absolute Gasteiger partial charge is 0.463 e. The van der Waals surface area contributed by atoms with Crippen molar-refractivity contribution in [2.45, 2.75) is 13.5 Å². The molecule has 1 N–H and O–H groups in total. The van der Waals surface area contributed by atoms with Gasteiger partial charge in [-0.3, -0.25) is 0 Å². The van der Waals surface area contributed by atoms with Gasteiger partial charge < -0.3 is 14.5 Å². The maximum atomic E-state index is 11.4. The van der Waals surface area contributed by atoms with Gasteiger partial charge in [-0.2, -0.15) is 0 Å². The molecule has 2 rings (SSSR count). The first-order valence-corrected chi connectivity index (χ1v) is 5.66. The highest BCUT2D eigenvalue weighted by Crippen LogP contribution is 2.15. The quantitative estimate of drug-likeness (QED) is 0.841. The summed E-state index contributed by atoms with van der Waals surface area (Å²) in [6.45, 7) is 2.55. The predicted molar refractivity (Wildman–Crippen MR) is 68.6 cm³/mol. The van der Waals surface area contributed by atoms with Crippen LogP contribution in [-0.4, -0.2) is 13.1 Å². The number of hydrogen-bond acceptors (Lipinski definition) is 4. The van der Waals surface area contributed by atoms with E-state index in [-0.39, 0.29) is 5.76 Å². The number of carbonyl (C=O) groups excluding carboxylic acids is 1. The molecule has 2 aromatic rings. The van der Waals surface area contributed by atoms with Crippen molar-refractivity contribution in [1.82, 2.24) is 0 Å². The van der Waals surface area contributed by atoms with Gasteiger partial charge >= 0.3 is 5.97 Å². The third-order valence-corrected chi connectivity index (χ3v) is 2.65. The lowest BCUT2D eigenvalue weighted by atomic mass is 10.2. The molecular formula is C14H15NO3. The maximum Gasteiger partial charge on any atom is 0.374 e. The van der Waals surface area contributed by atoms with E-state index in [1.165, 1.54) is 18.9 Å². The summed E-state index contributed by atoms with van der Waals surface area (Å²) in [5, 5.41) is 3.23. The lowest BCUT2D eigenvalue weighted by Gasteiger charge is -2.06. The van der Waals surface area contributed by atoms with Crippen LogP contribution in [0.4, 0.5) is 5.69 Å². The summed E-state index contributed by atoms with van der Waals surface area (Å²) < 4.78 is 9.75. The molecule has 1 aromatic carbocycles. The first-order chi connectivity index (χ1) is 8.70. The predicted octanol–water partition coefficient (Wildman–Crippen LogP) is 2.99. The van der Waals surface area contributed by atoms with Crippen LogP contribution in [0.15, 0.2) is 41.0 Å². The highest BCUT2D eigenvalue weighted by molar-refractivity contribution is 5.87. The summed E-state index contributed by atoms with van der Waals surface area (Å²) in [6.07, 6.45) is 1.48. The number of benzene rings is 1. The summed E-state index contributed by atoms with van der Waals surface area (Å²) >= 11 is 0. The average Bonchev–Trinajstić information content (AvgIpc) is 2.85. The van der Waals surface area contributed by atoms with Crippen molar-refractivity contribution in [3.63, 3.8) is 0 Å². The smallest absolute Gasteiger partial charge is 0.374 e. The molecule has 0 amide bonds. The van der Waals surface area contributed by atoms with Gasteiger partial charge in [0.05, 0.1) is 13.4 Å². The second kappa shape index (κ2) is 5.40. The number of rotatable bonds is 4. The summed E-state index contributed by atoms with van der Waals surface area (Å²) in [5.74, 6) is -0.210. The molecule has 0 unspecified atom stereocenters. The molecule has 1 aromatic heterocycles. The van der Waals surface area contributed by atoms with Gasteiger partial charge in [0.25, 0.3) is 0 Å². The van der Waals surface area contributed by atoms with Crippen molar-refractivity contribution >= 4 is 11.7 Å². The molecule has 0 bridgehead atoms. The standard InChI is InChI=1S/C14H15NO3/c1-10-3-5-12(6-4-10)15-9-11-7-8-18-13(11)14(16)17-2/h3-8,15H,9H2,1-2H3. The Bertz CT molecular complexity index is 528. The maximum absolute atomic E-state index is 11.4. The highest BCUT2D eigenvalue weighted by atomic mass is 16.5. The molecule has 4 heteroatoms. The van der Waals surface area contributed by atoms with Crippen molar-refractivity contribution in [2.24, 2.45) is 0 Å². The van der Waals surface area contributed by atoms with E-state index >= 15 is 0 Å². The number of furan rings is 1. The number of esters is 1. The molecule has 0 saturated heterocycles. The van der Waals surface area contributed by atoms with Crippen molar-refractivity contribution in [2.75, 3.05) is 12.4 Å². The van der Waals surface area contributed by atoms with E-state index in [2.05, 4.69) is 10.1 Å². The van der Waals surface area contributed by atoms with Crippen LogP contribution in [0, 0.1) is 6.92 Å². The number of aryl methyl sites for hydroxylation is 1. The molecule has 0 spiro atoms. The molecule has 18 heavy (non-hydrogen) atoms. The van der Waals surface area contributed by atoms with Crippen LogP contribution >= 0.6 is 0 Å². The molecule has 0 aliphatic rings. The molecular weight excluding hydrogens is 230 g/mol. The first-order valence-electron chi connectivity index (χ1n) is 5.66. The van der Waals surface area contributed by atoms with Crippen LogP contribution in [0.5, 0.6) is 0 Å². The van der Waals surface area contributed by atoms with Crippen LogP contribution < -0.4 is 5.32 Å². The Hall–Kier alpha value is -2.23. The lowest BCUT2D eigenvalue weighted by molar-refractivity contribution is 0.0563. The second-order valence-electron chi connectivity index (χ2n) is 3.99. The van der Waals surface area contributed by atoms with Gasteiger partial charge in [-0.25, -0.2) is 4.79 Å². The van der Waals surface area contributed by atoms with E-state index in [1.54, 1.807) is 6.07 Å².